The maximum Gasteiger partial charge on any atom is 0.277 e. The summed E-state index contributed by atoms with van der Waals surface area (Å²) in [4.78, 5) is 0. The lowest BCUT2D eigenvalue weighted by molar-refractivity contribution is 0.174. The molecule has 0 aromatic carbocycles. The van der Waals surface area contributed by atoms with Crippen LogP contribution in [0.1, 0.15) is 27.2 Å². The van der Waals surface area contributed by atoms with Crippen LogP contribution in [0.25, 0.3) is 0 Å². The van der Waals surface area contributed by atoms with Crippen molar-refractivity contribution in [3.8, 4) is 0 Å². The second-order valence-electron chi connectivity index (χ2n) is 3.66. The number of hydrogen-bond donors (Lipinski definition) is 3. The van der Waals surface area contributed by atoms with Gasteiger partial charge in [-0.1, -0.05) is 20.8 Å². The first-order valence-electron chi connectivity index (χ1n) is 4.79. The highest BCUT2D eigenvalue weighted by molar-refractivity contribution is 7.87. The first kappa shape index (κ1) is 13.8. The highest BCUT2D eigenvalue weighted by Gasteiger charge is 2.11. The molecule has 0 radical (unpaired) electrons. The summed E-state index contributed by atoms with van der Waals surface area (Å²) in [5.74, 6) is 0.266. The minimum Gasteiger partial charge on any atom is -0.392 e. The zero-order valence-electron chi connectivity index (χ0n) is 8.95. The summed E-state index contributed by atoms with van der Waals surface area (Å²) in [5, 5.41) is 9.14. The largest absolute Gasteiger partial charge is 0.392 e. The third-order valence-electron chi connectivity index (χ3n) is 1.66. The van der Waals surface area contributed by atoms with Gasteiger partial charge in [0, 0.05) is 13.1 Å². The van der Waals surface area contributed by atoms with Gasteiger partial charge >= 0.3 is 0 Å². The molecule has 0 aliphatic carbocycles. The Labute approximate surface area is 86.1 Å². The van der Waals surface area contributed by atoms with Gasteiger partial charge in [-0.25, -0.2) is 4.72 Å². The Kier molecular flexibility index (Phi) is 6.26. The van der Waals surface area contributed by atoms with Crippen molar-refractivity contribution in [3.63, 3.8) is 0 Å². The molecule has 1 unspecified atom stereocenters. The Bertz CT molecular complexity index is 239. The summed E-state index contributed by atoms with van der Waals surface area (Å²) < 4.78 is 27.1. The van der Waals surface area contributed by atoms with E-state index in [0.717, 1.165) is 0 Å². The molecule has 3 N–H and O–H groups in total. The summed E-state index contributed by atoms with van der Waals surface area (Å²) in [5.41, 5.74) is 0. The molecule has 5 nitrogen and oxygen atoms in total. The van der Waals surface area contributed by atoms with Gasteiger partial charge in [0.15, 0.2) is 0 Å². The lowest BCUT2D eigenvalue weighted by Gasteiger charge is -2.12. The van der Waals surface area contributed by atoms with E-state index in [-0.39, 0.29) is 12.5 Å². The van der Waals surface area contributed by atoms with Crippen molar-refractivity contribution >= 4 is 10.2 Å². The van der Waals surface area contributed by atoms with E-state index in [9.17, 15) is 8.42 Å². The van der Waals surface area contributed by atoms with Gasteiger partial charge in [-0.05, 0) is 12.3 Å². The SMILES string of the molecule is CCC(O)CNS(=O)(=O)NCC(C)C. The topological polar surface area (TPSA) is 78.4 Å². The Hall–Kier alpha value is -0.170. The average Bonchev–Trinajstić information content (AvgIpc) is 2.11. The fraction of sp³-hybridized carbons (Fsp3) is 1.00. The van der Waals surface area contributed by atoms with E-state index in [1.165, 1.54) is 0 Å². The molecule has 0 bridgehead atoms. The molecule has 14 heavy (non-hydrogen) atoms. The standard InChI is InChI=1S/C8H20N2O3S/c1-4-8(11)6-10-14(12,13)9-5-7(2)3/h7-11H,4-6H2,1-3H3. The minimum absolute atomic E-state index is 0.0595. The monoisotopic (exact) mass is 224 g/mol. The molecule has 6 heteroatoms. The summed E-state index contributed by atoms with van der Waals surface area (Å²) in [6.07, 6.45) is -0.0854. The first-order valence-corrected chi connectivity index (χ1v) is 6.28. The lowest BCUT2D eigenvalue weighted by atomic mass is 10.2. The molecule has 0 aromatic rings. The van der Waals surface area contributed by atoms with Crippen LogP contribution in [0.2, 0.25) is 0 Å². The molecule has 0 spiro atoms. The van der Waals surface area contributed by atoms with Gasteiger partial charge < -0.3 is 5.11 Å². The highest BCUT2D eigenvalue weighted by Crippen LogP contribution is 1.91. The van der Waals surface area contributed by atoms with Crippen LogP contribution in [0.4, 0.5) is 0 Å². The van der Waals surface area contributed by atoms with Crippen LogP contribution < -0.4 is 9.44 Å². The predicted octanol–water partition coefficient (Wildman–Crippen LogP) is -0.163. The normalized spacial score (nSPS) is 14.6. The van der Waals surface area contributed by atoms with Gasteiger partial charge in [0.25, 0.3) is 10.2 Å². The molecule has 0 rings (SSSR count). The Morgan fingerprint density at radius 2 is 1.71 bits per heavy atom. The molecule has 0 heterocycles. The van der Waals surface area contributed by atoms with E-state index >= 15 is 0 Å². The third kappa shape index (κ3) is 7.25. The van der Waals surface area contributed by atoms with Crippen LogP contribution in [0.5, 0.6) is 0 Å². The molecule has 1 atom stereocenters. The molecule has 0 saturated carbocycles. The second kappa shape index (κ2) is 6.34. The molecule has 0 aliphatic heterocycles. The van der Waals surface area contributed by atoms with Crippen molar-refractivity contribution in [3.05, 3.63) is 0 Å². The molecule has 0 aliphatic rings. The van der Waals surface area contributed by atoms with Crippen LogP contribution in [0.15, 0.2) is 0 Å². The summed E-state index contributed by atoms with van der Waals surface area (Å²) in [6.45, 7) is 6.09. The van der Waals surface area contributed by atoms with Gasteiger partial charge in [0.1, 0.15) is 0 Å². The van der Waals surface area contributed by atoms with Crippen LogP contribution in [-0.2, 0) is 10.2 Å². The van der Waals surface area contributed by atoms with E-state index in [4.69, 9.17) is 5.11 Å². The molecule has 0 saturated heterocycles. The molecule has 0 fully saturated rings. The van der Waals surface area contributed by atoms with Crippen molar-refractivity contribution in [2.75, 3.05) is 13.1 Å². The zero-order valence-corrected chi connectivity index (χ0v) is 9.76. The van der Waals surface area contributed by atoms with Crippen LogP contribution in [0.3, 0.4) is 0 Å². The Balaban J connectivity index is 3.84. The predicted molar refractivity (Wildman–Crippen MR) is 56.1 cm³/mol. The summed E-state index contributed by atoms with van der Waals surface area (Å²) in [7, 11) is -3.44. The summed E-state index contributed by atoms with van der Waals surface area (Å²) in [6, 6.07) is 0. The van der Waals surface area contributed by atoms with Crippen molar-refractivity contribution < 1.29 is 13.5 Å². The Morgan fingerprint density at radius 1 is 1.21 bits per heavy atom. The van der Waals surface area contributed by atoms with E-state index in [0.29, 0.717) is 13.0 Å². The first-order chi connectivity index (χ1) is 6.37. The molecule has 0 amide bonds. The minimum atomic E-state index is -3.44. The third-order valence-corrected chi connectivity index (χ3v) is 2.76. The maximum atomic E-state index is 11.2. The molecule has 0 aromatic heterocycles. The van der Waals surface area contributed by atoms with Crippen LogP contribution in [-0.4, -0.2) is 32.7 Å². The molecule has 86 valence electrons. The smallest absolute Gasteiger partial charge is 0.277 e. The highest BCUT2D eigenvalue weighted by atomic mass is 32.2. The van der Waals surface area contributed by atoms with E-state index < -0.39 is 16.3 Å². The van der Waals surface area contributed by atoms with Crippen molar-refractivity contribution in [1.82, 2.24) is 9.44 Å². The van der Waals surface area contributed by atoms with Gasteiger partial charge in [-0.15, -0.1) is 0 Å². The molecular weight excluding hydrogens is 204 g/mol. The number of aliphatic hydroxyl groups excluding tert-OH is 1. The molecular formula is C8H20N2O3S. The van der Waals surface area contributed by atoms with Gasteiger partial charge in [-0.3, -0.25) is 0 Å². The zero-order chi connectivity index (χ0) is 11.2. The van der Waals surface area contributed by atoms with E-state index in [1.807, 2.05) is 13.8 Å². The fourth-order valence-electron chi connectivity index (χ4n) is 0.678. The number of nitrogens with one attached hydrogen (secondary N) is 2. The second-order valence-corrected chi connectivity index (χ2v) is 5.24. The van der Waals surface area contributed by atoms with Crippen LogP contribution >= 0.6 is 0 Å². The number of hydrogen-bond acceptors (Lipinski definition) is 3. The van der Waals surface area contributed by atoms with Crippen molar-refractivity contribution in [1.29, 1.82) is 0 Å². The van der Waals surface area contributed by atoms with Crippen molar-refractivity contribution in [2.45, 2.75) is 33.3 Å². The van der Waals surface area contributed by atoms with Gasteiger partial charge in [-0.2, -0.15) is 13.1 Å². The number of rotatable bonds is 7. The fourth-order valence-corrected chi connectivity index (χ4v) is 1.74. The van der Waals surface area contributed by atoms with Gasteiger partial charge in [0.2, 0.25) is 0 Å². The van der Waals surface area contributed by atoms with E-state index in [1.54, 1.807) is 6.92 Å². The lowest BCUT2D eigenvalue weighted by Crippen LogP contribution is -2.41. The quantitative estimate of drug-likeness (QED) is 0.562. The average molecular weight is 224 g/mol. The Morgan fingerprint density at radius 3 is 2.14 bits per heavy atom. The van der Waals surface area contributed by atoms with E-state index in [2.05, 4.69) is 9.44 Å². The van der Waals surface area contributed by atoms with Gasteiger partial charge in [0.05, 0.1) is 6.10 Å². The summed E-state index contributed by atoms with van der Waals surface area (Å²) >= 11 is 0. The number of aliphatic hydroxyl groups is 1. The van der Waals surface area contributed by atoms with Crippen molar-refractivity contribution in [2.24, 2.45) is 5.92 Å². The van der Waals surface area contributed by atoms with Crippen LogP contribution in [0, 0.1) is 5.92 Å². The maximum absolute atomic E-state index is 11.2.